The lowest BCUT2D eigenvalue weighted by Gasteiger charge is -2.32. The SMILES string of the molecule is CC1(C)c2cc(B3OC(C)(C)C(C)(C)O3)ccc2-c2c1ccc1ncsc21. The summed E-state index contributed by atoms with van der Waals surface area (Å²) in [5, 5.41) is 0. The first-order chi connectivity index (χ1) is 12.6. The van der Waals surface area contributed by atoms with Crippen LogP contribution < -0.4 is 5.46 Å². The van der Waals surface area contributed by atoms with Crippen LogP contribution in [-0.2, 0) is 14.7 Å². The molecule has 1 fully saturated rings. The fraction of sp³-hybridized carbons (Fsp3) is 0.409. The molecule has 0 N–H and O–H groups in total. The minimum Gasteiger partial charge on any atom is -0.399 e. The van der Waals surface area contributed by atoms with Gasteiger partial charge in [-0.1, -0.05) is 38.1 Å². The van der Waals surface area contributed by atoms with Crippen LogP contribution >= 0.6 is 11.3 Å². The number of benzene rings is 2. The normalized spacial score (nSPS) is 21.5. The Bertz CT molecular complexity index is 1070. The van der Waals surface area contributed by atoms with Gasteiger partial charge in [0, 0.05) is 11.0 Å². The summed E-state index contributed by atoms with van der Waals surface area (Å²) in [7, 11) is -0.330. The number of thiazole rings is 1. The van der Waals surface area contributed by atoms with E-state index in [2.05, 4.69) is 76.9 Å². The van der Waals surface area contributed by atoms with Crippen LogP contribution in [0, 0.1) is 0 Å². The van der Waals surface area contributed by atoms with Crippen molar-refractivity contribution in [2.24, 2.45) is 0 Å². The highest BCUT2D eigenvalue weighted by Crippen LogP contribution is 2.51. The summed E-state index contributed by atoms with van der Waals surface area (Å²) in [5.41, 5.74) is 8.77. The van der Waals surface area contributed by atoms with E-state index in [1.807, 2.05) is 5.51 Å². The standard InChI is InChI=1S/C22H24BNO2S/c1-20(2)15-9-10-17-19(27-12-24-17)18(15)14-8-7-13(11-16(14)20)23-25-21(3,4)22(5,6)26-23/h7-12H,1-6H3. The number of aromatic nitrogens is 1. The van der Waals surface area contributed by atoms with Crippen molar-refractivity contribution in [3.63, 3.8) is 0 Å². The van der Waals surface area contributed by atoms with Crippen LogP contribution in [0.5, 0.6) is 0 Å². The maximum absolute atomic E-state index is 6.28. The first kappa shape index (κ1) is 17.4. The summed E-state index contributed by atoms with van der Waals surface area (Å²) in [6.07, 6.45) is 0. The third-order valence-corrected chi connectivity index (χ3v) is 7.54. The molecule has 1 aromatic heterocycles. The van der Waals surface area contributed by atoms with Gasteiger partial charge in [0.1, 0.15) is 0 Å². The van der Waals surface area contributed by atoms with E-state index in [4.69, 9.17) is 9.31 Å². The fourth-order valence-electron chi connectivity index (χ4n) is 4.28. The predicted octanol–water partition coefficient (Wildman–Crippen LogP) is 4.90. The van der Waals surface area contributed by atoms with Crippen molar-refractivity contribution in [3.8, 4) is 11.1 Å². The molecule has 2 aromatic carbocycles. The molecule has 2 heterocycles. The summed E-state index contributed by atoms with van der Waals surface area (Å²) < 4.78 is 13.8. The molecule has 3 aromatic rings. The molecule has 0 amide bonds. The minimum absolute atomic E-state index is 0.0531. The summed E-state index contributed by atoms with van der Waals surface area (Å²) >= 11 is 1.73. The Labute approximate surface area is 164 Å². The van der Waals surface area contributed by atoms with Gasteiger partial charge in [0.2, 0.25) is 0 Å². The number of nitrogens with zero attached hydrogens (tertiary/aromatic N) is 1. The van der Waals surface area contributed by atoms with Crippen molar-refractivity contribution >= 4 is 34.1 Å². The number of fused-ring (bicyclic) bond motifs is 5. The zero-order valence-corrected chi connectivity index (χ0v) is 17.5. The van der Waals surface area contributed by atoms with Crippen LogP contribution in [0.1, 0.15) is 52.7 Å². The van der Waals surface area contributed by atoms with Crippen molar-refractivity contribution in [1.29, 1.82) is 0 Å². The molecular formula is C22H24BNO2S. The van der Waals surface area contributed by atoms with E-state index in [-0.39, 0.29) is 23.7 Å². The lowest BCUT2D eigenvalue weighted by molar-refractivity contribution is 0.00578. The Hall–Kier alpha value is -1.69. The molecule has 0 bridgehead atoms. The summed E-state index contributed by atoms with van der Waals surface area (Å²) in [6, 6.07) is 11.1. The van der Waals surface area contributed by atoms with Gasteiger partial charge < -0.3 is 9.31 Å². The number of hydrogen-bond acceptors (Lipinski definition) is 4. The van der Waals surface area contributed by atoms with Gasteiger partial charge in [-0.25, -0.2) is 4.98 Å². The number of hydrogen-bond donors (Lipinski definition) is 0. The number of rotatable bonds is 1. The van der Waals surface area contributed by atoms with Crippen molar-refractivity contribution < 1.29 is 9.31 Å². The van der Waals surface area contributed by atoms with Gasteiger partial charge in [-0.3, -0.25) is 0 Å². The molecule has 1 aliphatic carbocycles. The zero-order valence-electron chi connectivity index (χ0n) is 16.7. The van der Waals surface area contributed by atoms with Crippen LogP contribution in [0.25, 0.3) is 21.3 Å². The second-order valence-electron chi connectivity index (χ2n) is 9.21. The molecule has 138 valence electrons. The van der Waals surface area contributed by atoms with Crippen LogP contribution in [0.15, 0.2) is 35.8 Å². The van der Waals surface area contributed by atoms with Gasteiger partial charge in [0.25, 0.3) is 0 Å². The van der Waals surface area contributed by atoms with Crippen molar-refractivity contribution in [2.75, 3.05) is 0 Å². The highest BCUT2D eigenvalue weighted by atomic mass is 32.1. The molecule has 3 nitrogen and oxygen atoms in total. The molecule has 1 saturated heterocycles. The average molecular weight is 377 g/mol. The monoisotopic (exact) mass is 377 g/mol. The van der Waals surface area contributed by atoms with E-state index in [1.165, 1.54) is 27.0 Å². The third kappa shape index (κ3) is 2.25. The smallest absolute Gasteiger partial charge is 0.399 e. The lowest BCUT2D eigenvalue weighted by atomic mass is 9.74. The van der Waals surface area contributed by atoms with Gasteiger partial charge in [-0.05, 0) is 55.9 Å². The van der Waals surface area contributed by atoms with Gasteiger partial charge in [-0.2, -0.15) is 0 Å². The highest BCUT2D eigenvalue weighted by molar-refractivity contribution is 7.17. The second kappa shape index (κ2) is 5.22. The molecule has 0 saturated carbocycles. The van der Waals surface area contributed by atoms with E-state index in [0.29, 0.717) is 0 Å². The first-order valence-corrected chi connectivity index (χ1v) is 10.4. The van der Waals surface area contributed by atoms with Gasteiger partial charge >= 0.3 is 7.12 Å². The molecule has 2 aliphatic rings. The largest absolute Gasteiger partial charge is 0.494 e. The van der Waals surface area contributed by atoms with E-state index < -0.39 is 0 Å². The summed E-state index contributed by atoms with van der Waals surface area (Å²) in [6.45, 7) is 13.0. The Balaban J connectivity index is 1.66. The van der Waals surface area contributed by atoms with Crippen LogP contribution in [0.3, 0.4) is 0 Å². The zero-order chi connectivity index (χ0) is 19.2. The molecule has 0 radical (unpaired) electrons. The molecular weight excluding hydrogens is 353 g/mol. The van der Waals surface area contributed by atoms with Crippen LogP contribution in [-0.4, -0.2) is 23.3 Å². The molecule has 1 aliphatic heterocycles. The summed E-state index contributed by atoms with van der Waals surface area (Å²) in [5.74, 6) is 0. The van der Waals surface area contributed by atoms with E-state index in [0.717, 1.165) is 11.0 Å². The summed E-state index contributed by atoms with van der Waals surface area (Å²) in [4.78, 5) is 4.51. The maximum atomic E-state index is 6.28. The van der Waals surface area contributed by atoms with E-state index in [9.17, 15) is 0 Å². The molecule has 5 heteroatoms. The van der Waals surface area contributed by atoms with E-state index >= 15 is 0 Å². The quantitative estimate of drug-likeness (QED) is 0.565. The molecule has 5 rings (SSSR count). The Morgan fingerprint density at radius 3 is 2.30 bits per heavy atom. The van der Waals surface area contributed by atoms with Gasteiger partial charge in [-0.15, -0.1) is 11.3 Å². The topological polar surface area (TPSA) is 31.4 Å². The van der Waals surface area contributed by atoms with Crippen LogP contribution in [0.4, 0.5) is 0 Å². The lowest BCUT2D eigenvalue weighted by Crippen LogP contribution is -2.41. The predicted molar refractivity (Wildman–Crippen MR) is 113 cm³/mol. The Kier molecular flexibility index (Phi) is 3.37. The van der Waals surface area contributed by atoms with Crippen molar-refractivity contribution in [2.45, 2.75) is 58.2 Å². The molecule has 27 heavy (non-hydrogen) atoms. The maximum Gasteiger partial charge on any atom is 0.494 e. The van der Waals surface area contributed by atoms with Crippen LogP contribution in [0.2, 0.25) is 0 Å². The second-order valence-corrected chi connectivity index (χ2v) is 10.1. The minimum atomic E-state index is -0.330. The molecule has 0 unspecified atom stereocenters. The van der Waals surface area contributed by atoms with Gasteiger partial charge in [0.15, 0.2) is 0 Å². The average Bonchev–Trinajstić information content (AvgIpc) is 3.21. The fourth-order valence-corrected chi connectivity index (χ4v) is 5.14. The van der Waals surface area contributed by atoms with Crippen molar-refractivity contribution in [3.05, 3.63) is 47.0 Å². The Morgan fingerprint density at radius 1 is 0.889 bits per heavy atom. The first-order valence-electron chi connectivity index (χ1n) is 9.49. The van der Waals surface area contributed by atoms with Crippen molar-refractivity contribution in [1.82, 2.24) is 4.98 Å². The third-order valence-electron chi connectivity index (χ3n) is 6.68. The van der Waals surface area contributed by atoms with Gasteiger partial charge in [0.05, 0.1) is 26.9 Å². The molecule has 0 spiro atoms. The highest BCUT2D eigenvalue weighted by Gasteiger charge is 2.52. The van der Waals surface area contributed by atoms with E-state index in [1.54, 1.807) is 11.3 Å². The molecule has 0 atom stereocenters. The Morgan fingerprint density at radius 2 is 1.59 bits per heavy atom.